The topological polar surface area (TPSA) is 51.8 Å². The molecule has 0 saturated carbocycles. The van der Waals surface area contributed by atoms with Crippen molar-refractivity contribution < 1.29 is 0 Å². The van der Waals surface area contributed by atoms with Gasteiger partial charge in [0.05, 0.1) is 11.4 Å². The van der Waals surface area contributed by atoms with Gasteiger partial charge < -0.3 is 5.73 Å². The van der Waals surface area contributed by atoms with Crippen LogP contribution in [0.2, 0.25) is 0 Å². The van der Waals surface area contributed by atoms with Crippen LogP contribution in [0.1, 0.15) is 0 Å². The molecule has 1 aromatic carbocycles. The maximum atomic E-state index is 5.90. The first-order valence-electron chi connectivity index (χ1n) is 6.07. The molecule has 3 nitrogen and oxygen atoms in total. The van der Waals surface area contributed by atoms with E-state index in [9.17, 15) is 0 Å². The van der Waals surface area contributed by atoms with Crippen LogP contribution in [0.5, 0.6) is 0 Å². The van der Waals surface area contributed by atoms with Crippen molar-refractivity contribution in [1.29, 1.82) is 0 Å². The lowest BCUT2D eigenvalue weighted by molar-refractivity contribution is 1.25. The van der Waals surface area contributed by atoms with Gasteiger partial charge >= 0.3 is 0 Å². The minimum absolute atomic E-state index is 0.502. The van der Waals surface area contributed by atoms with Crippen molar-refractivity contribution in [3.8, 4) is 22.5 Å². The SMILES string of the molecule is Nc1cc(-c2ccccc2)cc(-c2ccccn2)n1. The first kappa shape index (κ1) is 11.4. The van der Waals surface area contributed by atoms with Crippen LogP contribution in [-0.2, 0) is 0 Å². The zero-order chi connectivity index (χ0) is 13.1. The van der Waals surface area contributed by atoms with Crippen LogP contribution in [0.3, 0.4) is 0 Å². The van der Waals surface area contributed by atoms with E-state index in [1.165, 1.54) is 0 Å². The average Bonchev–Trinajstić information content (AvgIpc) is 2.48. The summed E-state index contributed by atoms with van der Waals surface area (Å²) in [5.41, 5.74) is 9.68. The van der Waals surface area contributed by atoms with Gasteiger partial charge in [0.25, 0.3) is 0 Å². The molecule has 0 amide bonds. The fourth-order valence-corrected chi connectivity index (χ4v) is 1.99. The second-order valence-corrected chi connectivity index (χ2v) is 4.25. The van der Waals surface area contributed by atoms with Gasteiger partial charge in [-0.05, 0) is 35.4 Å². The number of anilines is 1. The van der Waals surface area contributed by atoms with Crippen LogP contribution < -0.4 is 5.73 Å². The van der Waals surface area contributed by atoms with Crippen molar-refractivity contribution in [1.82, 2.24) is 9.97 Å². The van der Waals surface area contributed by atoms with Crippen molar-refractivity contribution in [2.24, 2.45) is 0 Å². The van der Waals surface area contributed by atoms with Gasteiger partial charge in [0.15, 0.2) is 0 Å². The summed E-state index contributed by atoms with van der Waals surface area (Å²) >= 11 is 0. The highest BCUT2D eigenvalue weighted by molar-refractivity contribution is 5.71. The molecule has 2 heterocycles. The number of aromatic nitrogens is 2. The molecule has 0 bridgehead atoms. The molecule has 19 heavy (non-hydrogen) atoms. The highest BCUT2D eigenvalue weighted by Gasteiger charge is 2.05. The fourth-order valence-electron chi connectivity index (χ4n) is 1.99. The highest BCUT2D eigenvalue weighted by Crippen LogP contribution is 2.25. The van der Waals surface area contributed by atoms with Gasteiger partial charge in [0.2, 0.25) is 0 Å². The third-order valence-corrected chi connectivity index (χ3v) is 2.88. The van der Waals surface area contributed by atoms with Crippen molar-refractivity contribution in [2.75, 3.05) is 5.73 Å². The first-order valence-corrected chi connectivity index (χ1v) is 6.07. The molecule has 0 atom stereocenters. The van der Waals surface area contributed by atoms with E-state index >= 15 is 0 Å². The number of rotatable bonds is 2. The number of pyridine rings is 2. The molecule has 0 unspecified atom stereocenters. The van der Waals surface area contributed by atoms with Gasteiger partial charge in [0, 0.05) is 6.20 Å². The molecule has 2 N–H and O–H groups in total. The molecular weight excluding hydrogens is 234 g/mol. The second kappa shape index (κ2) is 4.90. The van der Waals surface area contributed by atoms with Crippen molar-refractivity contribution in [3.05, 3.63) is 66.9 Å². The zero-order valence-electron chi connectivity index (χ0n) is 10.3. The maximum absolute atomic E-state index is 5.90. The Balaban J connectivity index is 2.12. The minimum atomic E-state index is 0.502. The lowest BCUT2D eigenvalue weighted by atomic mass is 10.0. The van der Waals surface area contributed by atoms with Gasteiger partial charge in [0.1, 0.15) is 5.82 Å². The van der Waals surface area contributed by atoms with E-state index in [1.54, 1.807) is 6.20 Å². The molecule has 3 rings (SSSR count). The Morgan fingerprint density at radius 3 is 2.26 bits per heavy atom. The van der Waals surface area contributed by atoms with E-state index in [0.717, 1.165) is 22.5 Å². The van der Waals surface area contributed by atoms with Gasteiger partial charge in [-0.3, -0.25) is 4.98 Å². The summed E-state index contributed by atoms with van der Waals surface area (Å²) in [4.78, 5) is 8.65. The number of benzene rings is 1. The van der Waals surface area contributed by atoms with Crippen LogP contribution in [0, 0.1) is 0 Å². The lowest BCUT2D eigenvalue weighted by Gasteiger charge is -2.06. The number of nitrogens with zero attached hydrogens (tertiary/aromatic N) is 2. The molecule has 0 aliphatic carbocycles. The predicted octanol–water partition coefficient (Wildman–Crippen LogP) is 3.39. The average molecular weight is 247 g/mol. The Morgan fingerprint density at radius 1 is 0.737 bits per heavy atom. The van der Waals surface area contributed by atoms with Crippen LogP contribution in [0.25, 0.3) is 22.5 Å². The minimum Gasteiger partial charge on any atom is -0.384 e. The second-order valence-electron chi connectivity index (χ2n) is 4.25. The number of hydrogen-bond acceptors (Lipinski definition) is 3. The molecule has 0 aliphatic heterocycles. The van der Waals surface area contributed by atoms with Crippen molar-refractivity contribution in [2.45, 2.75) is 0 Å². The summed E-state index contributed by atoms with van der Waals surface area (Å²) in [6.07, 6.45) is 1.75. The van der Waals surface area contributed by atoms with Gasteiger partial charge in [-0.1, -0.05) is 36.4 Å². The van der Waals surface area contributed by atoms with Crippen LogP contribution >= 0.6 is 0 Å². The Labute approximate surface area is 111 Å². The number of nitrogen functional groups attached to an aromatic ring is 1. The standard InChI is InChI=1S/C16H13N3/c17-16-11-13(12-6-2-1-3-7-12)10-15(19-16)14-8-4-5-9-18-14/h1-11H,(H2,17,19). The third-order valence-electron chi connectivity index (χ3n) is 2.88. The normalized spacial score (nSPS) is 10.3. The molecule has 2 aromatic heterocycles. The Hall–Kier alpha value is -2.68. The van der Waals surface area contributed by atoms with Gasteiger partial charge in [-0.25, -0.2) is 4.98 Å². The van der Waals surface area contributed by atoms with E-state index in [2.05, 4.69) is 22.1 Å². The van der Waals surface area contributed by atoms with Crippen LogP contribution in [0.15, 0.2) is 66.9 Å². The molecule has 0 radical (unpaired) electrons. The van der Waals surface area contributed by atoms with Crippen molar-refractivity contribution in [3.63, 3.8) is 0 Å². The maximum Gasteiger partial charge on any atom is 0.124 e. The van der Waals surface area contributed by atoms with Crippen molar-refractivity contribution >= 4 is 5.82 Å². The smallest absolute Gasteiger partial charge is 0.124 e. The molecule has 0 aliphatic rings. The van der Waals surface area contributed by atoms with E-state index in [1.807, 2.05) is 48.5 Å². The van der Waals surface area contributed by atoms with E-state index in [0.29, 0.717) is 5.82 Å². The monoisotopic (exact) mass is 247 g/mol. The molecular formula is C16H13N3. The molecule has 3 heteroatoms. The molecule has 92 valence electrons. The fraction of sp³-hybridized carbons (Fsp3) is 0. The number of hydrogen-bond donors (Lipinski definition) is 1. The molecule has 0 spiro atoms. The molecule has 0 saturated heterocycles. The summed E-state index contributed by atoms with van der Waals surface area (Å²) in [7, 11) is 0. The lowest BCUT2D eigenvalue weighted by Crippen LogP contribution is -1.95. The molecule has 0 fully saturated rings. The largest absolute Gasteiger partial charge is 0.384 e. The van der Waals surface area contributed by atoms with E-state index in [4.69, 9.17) is 5.73 Å². The Bertz CT molecular complexity index is 621. The zero-order valence-corrected chi connectivity index (χ0v) is 10.3. The number of nitrogens with two attached hydrogens (primary N) is 1. The van der Waals surface area contributed by atoms with Crippen LogP contribution in [0.4, 0.5) is 5.82 Å². The highest BCUT2D eigenvalue weighted by atomic mass is 14.9. The first-order chi connectivity index (χ1) is 9.33. The van der Waals surface area contributed by atoms with Gasteiger partial charge in [-0.2, -0.15) is 0 Å². The quantitative estimate of drug-likeness (QED) is 0.755. The predicted molar refractivity (Wildman–Crippen MR) is 77.3 cm³/mol. The summed E-state index contributed by atoms with van der Waals surface area (Å²) in [5.74, 6) is 0.502. The van der Waals surface area contributed by atoms with E-state index < -0.39 is 0 Å². The van der Waals surface area contributed by atoms with Crippen LogP contribution in [-0.4, -0.2) is 9.97 Å². The molecule has 3 aromatic rings. The summed E-state index contributed by atoms with van der Waals surface area (Å²) in [5, 5.41) is 0. The van der Waals surface area contributed by atoms with Gasteiger partial charge in [-0.15, -0.1) is 0 Å². The Kier molecular flexibility index (Phi) is 2.94. The van der Waals surface area contributed by atoms with E-state index in [-0.39, 0.29) is 0 Å². The third kappa shape index (κ3) is 2.45. The Morgan fingerprint density at radius 2 is 1.53 bits per heavy atom. The summed E-state index contributed by atoms with van der Waals surface area (Å²) in [6, 6.07) is 19.7. The summed E-state index contributed by atoms with van der Waals surface area (Å²) in [6.45, 7) is 0. The summed E-state index contributed by atoms with van der Waals surface area (Å²) < 4.78 is 0.